The summed E-state index contributed by atoms with van der Waals surface area (Å²) in [4.78, 5) is 41.8. The van der Waals surface area contributed by atoms with Crippen LogP contribution in [0.3, 0.4) is 0 Å². The lowest BCUT2D eigenvalue weighted by Crippen LogP contribution is -2.47. The smallest absolute Gasteiger partial charge is 0.410 e. The predicted octanol–water partition coefficient (Wildman–Crippen LogP) is 4.06. The van der Waals surface area contributed by atoms with Crippen molar-refractivity contribution in [2.24, 2.45) is 5.73 Å². The molecule has 2 unspecified atom stereocenters. The molecule has 2 aromatic carbocycles. The third-order valence-electron chi connectivity index (χ3n) is 7.01. The van der Waals surface area contributed by atoms with E-state index in [1.165, 1.54) is 18.2 Å². The van der Waals surface area contributed by atoms with Gasteiger partial charge < -0.3 is 30.3 Å². The second kappa shape index (κ2) is 15.6. The maximum atomic E-state index is 13.8. The number of carbonyl (C=O) groups excluding carboxylic acids is 3. The highest BCUT2D eigenvalue weighted by molar-refractivity contribution is 5.98. The van der Waals surface area contributed by atoms with Gasteiger partial charge in [0.05, 0.1) is 12.1 Å². The number of likely N-dealkylation sites (N-methyl/N-ethyl adjacent to an activating group) is 1. The summed E-state index contributed by atoms with van der Waals surface area (Å²) in [7, 11) is 0. The third kappa shape index (κ3) is 9.22. The van der Waals surface area contributed by atoms with Crippen LogP contribution in [0.15, 0.2) is 36.4 Å². The molecule has 0 spiro atoms. The number of aryl methyl sites for hydroxylation is 1. The summed E-state index contributed by atoms with van der Waals surface area (Å²) in [6.45, 7) is 10.2. The molecule has 3 atom stereocenters. The zero-order valence-electron chi connectivity index (χ0n) is 24.8. The molecule has 1 aliphatic heterocycles. The van der Waals surface area contributed by atoms with Gasteiger partial charge in [0.1, 0.15) is 23.8 Å². The molecule has 2 amide bonds. The number of rotatable bonds is 15. The van der Waals surface area contributed by atoms with Gasteiger partial charge in [-0.2, -0.15) is 0 Å². The fourth-order valence-electron chi connectivity index (χ4n) is 5.01. The van der Waals surface area contributed by atoms with E-state index in [0.29, 0.717) is 43.9 Å². The van der Waals surface area contributed by atoms with Gasteiger partial charge in [-0.05, 0) is 74.6 Å². The first kappa shape index (κ1) is 32.9. The molecule has 9 nitrogen and oxygen atoms in total. The number of hydrogen-bond donors (Lipinski definition) is 2. The Kier molecular flexibility index (Phi) is 12.2. The quantitative estimate of drug-likeness (QED) is 0.302. The lowest BCUT2D eigenvalue weighted by molar-refractivity contribution is 0.0233. The number of esters is 1. The van der Waals surface area contributed by atoms with Crippen molar-refractivity contribution in [3.05, 3.63) is 70.3 Å². The van der Waals surface area contributed by atoms with E-state index < -0.39 is 35.8 Å². The Balaban J connectivity index is 1.77. The summed E-state index contributed by atoms with van der Waals surface area (Å²) in [5.74, 6) is -2.30. The Hall–Kier alpha value is -3.57. The van der Waals surface area contributed by atoms with E-state index >= 15 is 0 Å². The molecule has 2 aromatic rings. The number of amides is 2. The maximum absolute atomic E-state index is 13.8. The largest absolute Gasteiger partial charge is 0.456 e. The standard InChI is InChI=1S/C31H42F2N4O5/c1-5-8-37(9-6-2)29(38)22-10-20(4)11-23(15-22)30(39)42-28(18-35-17-26-19-36(7-3)31(40)41-26)27(34)14-21-12-24(32)16-25(33)13-21/h10-13,15-16,26-28,35H,5-9,14,17-19,34H2,1-4H3/t26-,27?,28?/m1/s1. The SMILES string of the molecule is CCCN(CCC)C(=O)c1cc(C)cc(C(=O)OC(CNC[C@@H]2CN(CC)C(=O)O2)C(N)Cc2cc(F)cc(F)c2)c1. The summed E-state index contributed by atoms with van der Waals surface area (Å²) >= 11 is 0. The summed E-state index contributed by atoms with van der Waals surface area (Å²) in [5, 5.41) is 3.15. The second-order valence-electron chi connectivity index (χ2n) is 10.7. The van der Waals surface area contributed by atoms with Crippen LogP contribution in [-0.2, 0) is 15.9 Å². The highest BCUT2D eigenvalue weighted by Crippen LogP contribution is 2.17. The number of benzene rings is 2. The second-order valence-corrected chi connectivity index (χ2v) is 10.7. The molecule has 1 aliphatic rings. The first-order valence-electron chi connectivity index (χ1n) is 14.5. The number of carbonyl (C=O) groups is 3. The average Bonchev–Trinajstić information content (AvgIpc) is 3.30. The average molecular weight is 589 g/mol. The van der Waals surface area contributed by atoms with Gasteiger partial charge in [-0.3, -0.25) is 4.79 Å². The fourth-order valence-corrected chi connectivity index (χ4v) is 5.01. The molecule has 0 aromatic heterocycles. The number of nitrogens with one attached hydrogen (secondary N) is 1. The van der Waals surface area contributed by atoms with Gasteiger partial charge in [-0.25, -0.2) is 18.4 Å². The van der Waals surface area contributed by atoms with E-state index in [4.69, 9.17) is 15.2 Å². The van der Waals surface area contributed by atoms with Crippen molar-refractivity contribution in [2.75, 3.05) is 39.3 Å². The summed E-state index contributed by atoms with van der Waals surface area (Å²) in [6.07, 6.45) is -0.0216. The minimum Gasteiger partial charge on any atom is -0.456 e. The van der Waals surface area contributed by atoms with Gasteiger partial charge in [-0.15, -0.1) is 0 Å². The minimum absolute atomic E-state index is 0.0386. The number of halogens is 2. The van der Waals surface area contributed by atoms with Crippen molar-refractivity contribution in [3.63, 3.8) is 0 Å². The van der Waals surface area contributed by atoms with Gasteiger partial charge in [-0.1, -0.05) is 13.8 Å². The van der Waals surface area contributed by atoms with Crippen LogP contribution >= 0.6 is 0 Å². The Morgan fingerprint density at radius 2 is 1.71 bits per heavy atom. The predicted molar refractivity (Wildman–Crippen MR) is 155 cm³/mol. The Labute approximate surface area is 246 Å². The van der Waals surface area contributed by atoms with Crippen molar-refractivity contribution in [3.8, 4) is 0 Å². The molecule has 3 N–H and O–H groups in total. The molecule has 42 heavy (non-hydrogen) atoms. The Bertz CT molecular complexity index is 1220. The highest BCUT2D eigenvalue weighted by atomic mass is 19.1. The van der Waals surface area contributed by atoms with Crippen LogP contribution in [-0.4, -0.2) is 85.3 Å². The first-order chi connectivity index (χ1) is 20.0. The van der Waals surface area contributed by atoms with Gasteiger partial charge in [0.25, 0.3) is 5.91 Å². The number of ether oxygens (including phenoxy) is 2. The Morgan fingerprint density at radius 1 is 1.07 bits per heavy atom. The van der Waals surface area contributed by atoms with Crippen molar-refractivity contribution in [1.82, 2.24) is 15.1 Å². The number of nitrogens with zero attached hydrogens (tertiary/aromatic N) is 2. The van der Waals surface area contributed by atoms with Gasteiger partial charge in [0.15, 0.2) is 0 Å². The molecule has 1 saturated heterocycles. The lowest BCUT2D eigenvalue weighted by atomic mass is 10.0. The third-order valence-corrected chi connectivity index (χ3v) is 7.01. The molecule has 1 fully saturated rings. The summed E-state index contributed by atoms with van der Waals surface area (Å²) < 4.78 is 38.8. The number of cyclic esters (lactones) is 1. The molecule has 11 heteroatoms. The van der Waals surface area contributed by atoms with Crippen LogP contribution in [0.4, 0.5) is 13.6 Å². The van der Waals surface area contributed by atoms with Gasteiger partial charge in [0.2, 0.25) is 0 Å². The molecular weight excluding hydrogens is 546 g/mol. The van der Waals surface area contributed by atoms with Gasteiger partial charge in [0, 0.05) is 50.4 Å². The fraction of sp³-hybridized carbons (Fsp3) is 0.516. The normalized spacial score (nSPS) is 16.2. The monoisotopic (exact) mass is 588 g/mol. The van der Waals surface area contributed by atoms with Crippen molar-refractivity contribution < 1.29 is 32.6 Å². The lowest BCUT2D eigenvalue weighted by Gasteiger charge is -2.26. The molecule has 0 radical (unpaired) electrons. The van der Waals surface area contributed by atoms with E-state index in [-0.39, 0.29) is 30.5 Å². The van der Waals surface area contributed by atoms with Crippen LogP contribution in [0.2, 0.25) is 0 Å². The highest BCUT2D eigenvalue weighted by Gasteiger charge is 2.31. The first-order valence-corrected chi connectivity index (χ1v) is 14.5. The number of hydrogen-bond acceptors (Lipinski definition) is 7. The van der Waals surface area contributed by atoms with E-state index in [1.807, 2.05) is 20.8 Å². The zero-order valence-corrected chi connectivity index (χ0v) is 24.8. The molecule has 0 bridgehead atoms. The maximum Gasteiger partial charge on any atom is 0.410 e. The minimum atomic E-state index is -0.903. The van der Waals surface area contributed by atoms with E-state index in [2.05, 4.69) is 5.32 Å². The van der Waals surface area contributed by atoms with Crippen LogP contribution in [0.5, 0.6) is 0 Å². The Morgan fingerprint density at radius 3 is 2.31 bits per heavy atom. The van der Waals surface area contributed by atoms with Crippen molar-refractivity contribution >= 4 is 18.0 Å². The van der Waals surface area contributed by atoms with Gasteiger partial charge >= 0.3 is 12.1 Å². The summed E-state index contributed by atoms with van der Waals surface area (Å²) in [5.41, 5.74) is 8.06. The van der Waals surface area contributed by atoms with E-state index in [9.17, 15) is 23.2 Å². The summed E-state index contributed by atoms with van der Waals surface area (Å²) in [6, 6.07) is 7.21. The van der Waals surface area contributed by atoms with Crippen molar-refractivity contribution in [2.45, 2.75) is 65.2 Å². The van der Waals surface area contributed by atoms with Crippen molar-refractivity contribution in [1.29, 1.82) is 0 Å². The topological polar surface area (TPSA) is 114 Å². The molecule has 0 saturated carbocycles. The van der Waals surface area contributed by atoms with Crippen LogP contribution < -0.4 is 11.1 Å². The van der Waals surface area contributed by atoms with Crippen LogP contribution in [0.25, 0.3) is 0 Å². The van der Waals surface area contributed by atoms with E-state index in [0.717, 1.165) is 24.5 Å². The van der Waals surface area contributed by atoms with Crippen LogP contribution in [0, 0.1) is 18.6 Å². The molecule has 3 rings (SSSR count). The molecule has 1 heterocycles. The zero-order chi connectivity index (χ0) is 30.8. The van der Waals surface area contributed by atoms with E-state index in [1.54, 1.807) is 28.9 Å². The van der Waals surface area contributed by atoms with Crippen LogP contribution in [0.1, 0.15) is 65.5 Å². The molecule has 0 aliphatic carbocycles. The molecule has 230 valence electrons. The number of nitrogens with two attached hydrogens (primary N) is 1. The molecular formula is C31H42F2N4O5.